The Labute approximate surface area is 81.3 Å². The fourth-order valence-electron chi connectivity index (χ4n) is 0.739. The minimum absolute atomic E-state index is 0.0131. The van der Waals surface area contributed by atoms with Crippen molar-refractivity contribution in [2.75, 3.05) is 0 Å². The van der Waals surface area contributed by atoms with Crippen LogP contribution in [0.3, 0.4) is 0 Å². The van der Waals surface area contributed by atoms with E-state index in [4.69, 9.17) is 0 Å². The van der Waals surface area contributed by atoms with Crippen LogP contribution in [-0.2, 0) is 6.18 Å². The summed E-state index contributed by atoms with van der Waals surface area (Å²) in [7, 11) is 0. The predicted molar refractivity (Wildman–Crippen MR) is 46.4 cm³/mol. The van der Waals surface area contributed by atoms with Crippen LogP contribution in [0.5, 0.6) is 0 Å². The zero-order valence-corrected chi connectivity index (χ0v) is 8.17. The molecule has 0 aliphatic carbocycles. The fourth-order valence-corrected chi connectivity index (χ4v) is 1.43. The molecule has 0 fully saturated rings. The topological polar surface area (TPSA) is 0 Å². The van der Waals surface area contributed by atoms with Crippen LogP contribution in [0.25, 0.3) is 0 Å². The van der Waals surface area contributed by atoms with Crippen LogP contribution in [0.4, 0.5) is 13.2 Å². The van der Waals surface area contributed by atoms with Crippen molar-refractivity contribution < 1.29 is 13.2 Å². The van der Waals surface area contributed by atoms with Crippen LogP contribution in [0, 0.1) is 0 Å². The van der Waals surface area contributed by atoms with Crippen molar-refractivity contribution in [1.82, 2.24) is 0 Å². The van der Waals surface area contributed by atoms with Crippen molar-refractivity contribution in [1.29, 1.82) is 0 Å². The number of alkyl halides is 3. The van der Waals surface area contributed by atoms with E-state index in [1.165, 1.54) is 12.1 Å². The lowest BCUT2D eigenvalue weighted by Gasteiger charge is -2.09. The van der Waals surface area contributed by atoms with E-state index in [-0.39, 0.29) is 9.37 Å². The second-order valence-electron chi connectivity index (χ2n) is 2.14. The molecule has 0 nitrogen and oxygen atoms in total. The zero-order valence-electron chi connectivity index (χ0n) is 5.69. The second kappa shape index (κ2) is 3.30. The lowest BCUT2D eigenvalue weighted by molar-refractivity contribution is -0.138. The molecule has 12 heavy (non-hydrogen) atoms. The molecule has 0 spiro atoms. The molecule has 0 amide bonds. The van der Waals surface area contributed by atoms with E-state index in [2.05, 4.69) is 28.6 Å². The van der Waals surface area contributed by atoms with Crippen LogP contribution in [0.2, 0.25) is 0 Å². The van der Waals surface area contributed by atoms with Gasteiger partial charge in [-0.25, -0.2) is 0 Å². The molecule has 0 bridgehead atoms. The lowest BCUT2D eigenvalue weighted by atomic mass is 10.2. The highest BCUT2D eigenvalue weighted by atomic mass is 79.9. The summed E-state index contributed by atoms with van der Waals surface area (Å²) in [5.41, 5.74) is -0.699. The second-order valence-corrected chi connectivity index (χ2v) is 3.41. The summed E-state index contributed by atoms with van der Waals surface area (Å²) in [4.78, 5) is 0.282. The van der Waals surface area contributed by atoms with Crippen molar-refractivity contribution in [2.24, 2.45) is 0 Å². The Morgan fingerprint density at radius 1 is 1.25 bits per heavy atom. The Morgan fingerprint density at radius 3 is 2.25 bits per heavy atom. The molecule has 0 aliphatic rings. The van der Waals surface area contributed by atoms with E-state index >= 15 is 0 Å². The minimum atomic E-state index is -4.32. The van der Waals surface area contributed by atoms with E-state index in [9.17, 15) is 13.2 Å². The fraction of sp³-hybridized carbons (Fsp3) is 0.143. The van der Waals surface area contributed by atoms with Gasteiger partial charge in [-0.15, -0.1) is 12.6 Å². The Hall–Kier alpha value is -0.160. The largest absolute Gasteiger partial charge is 0.417 e. The van der Waals surface area contributed by atoms with Gasteiger partial charge >= 0.3 is 6.18 Å². The molecule has 0 atom stereocenters. The highest BCUT2D eigenvalue weighted by molar-refractivity contribution is 9.10. The monoisotopic (exact) mass is 256 g/mol. The van der Waals surface area contributed by atoms with Crippen LogP contribution >= 0.6 is 28.6 Å². The smallest absolute Gasteiger partial charge is 0.166 e. The third kappa shape index (κ3) is 1.95. The molecule has 0 saturated carbocycles. The SMILES string of the molecule is FC(F)(F)c1cccc(S)c1Br. The summed E-state index contributed by atoms with van der Waals surface area (Å²) in [5, 5.41) is 0. The van der Waals surface area contributed by atoms with Gasteiger partial charge in [0.25, 0.3) is 0 Å². The molecule has 0 unspecified atom stereocenters. The third-order valence-electron chi connectivity index (χ3n) is 1.28. The van der Waals surface area contributed by atoms with Crippen LogP contribution in [-0.4, -0.2) is 0 Å². The highest BCUT2D eigenvalue weighted by Gasteiger charge is 2.33. The first-order chi connectivity index (χ1) is 5.43. The molecule has 0 aromatic heterocycles. The molecule has 1 aromatic rings. The zero-order chi connectivity index (χ0) is 9.35. The molecule has 1 rings (SSSR count). The van der Waals surface area contributed by atoms with E-state index in [1.807, 2.05) is 0 Å². The van der Waals surface area contributed by atoms with Crippen molar-refractivity contribution in [2.45, 2.75) is 11.1 Å². The van der Waals surface area contributed by atoms with Crippen LogP contribution < -0.4 is 0 Å². The number of hydrogen-bond donors (Lipinski definition) is 1. The van der Waals surface area contributed by atoms with Crippen molar-refractivity contribution >= 4 is 28.6 Å². The van der Waals surface area contributed by atoms with Gasteiger partial charge < -0.3 is 0 Å². The molecule has 66 valence electrons. The average Bonchev–Trinajstić information content (AvgIpc) is 1.92. The molecule has 5 heteroatoms. The first kappa shape index (κ1) is 9.92. The molecule has 0 radical (unpaired) electrons. The minimum Gasteiger partial charge on any atom is -0.166 e. The average molecular weight is 257 g/mol. The van der Waals surface area contributed by atoms with Gasteiger partial charge in [-0.1, -0.05) is 6.07 Å². The first-order valence-corrected chi connectivity index (χ1v) is 4.21. The Balaban J connectivity index is 3.26. The molecule has 0 N–H and O–H groups in total. The van der Waals surface area contributed by atoms with E-state index < -0.39 is 11.7 Å². The Morgan fingerprint density at radius 2 is 1.83 bits per heavy atom. The number of hydrogen-bond acceptors (Lipinski definition) is 1. The summed E-state index contributed by atoms with van der Waals surface area (Å²) in [6.45, 7) is 0. The maximum absolute atomic E-state index is 12.2. The maximum atomic E-state index is 12.2. The highest BCUT2D eigenvalue weighted by Crippen LogP contribution is 2.37. The number of thiol groups is 1. The van der Waals surface area contributed by atoms with E-state index in [0.29, 0.717) is 0 Å². The van der Waals surface area contributed by atoms with Crippen molar-refractivity contribution in [3.8, 4) is 0 Å². The summed E-state index contributed by atoms with van der Waals surface area (Å²) in [6, 6.07) is 3.81. The quantitative estimate of drug-likeness (QED) is 0.672. The number of halogens is 4. The van der Waals surface area contributed by atoms with Gasteiger partial charge in [0.05, 0.1) is 5.56 Å². The van der Waals surface area contributed by atoms with Crippen molar-refractivity contribution in [3.63, 3.8) is 0 Å². The Bertz CT molecular complexity index is 295. The number of benzene rings is 1. The molecule has 0 aliphatic heterocycles. The molecular formula is C7H4BrF3S. The van der Waals surface area contributed by atoms with Crippen molar-refractivity contribution in [3.05, 3.63) is 28.2 Å². The summed E-state index contributed by atoms with van der Waals surface area (Å²) < 4.78 is 36.5. The third-order valence-corrected chi connectivity index (χ3v) is 2.82. The normalized spacial score (nSPS) is 11.8. The molecular weight excluding hydrogens is 253 g/mol. The maximum Gasteiger partial charge on any atom is 0.417 e. The van der Waals surface area contributed by atoms with Gasteiger partial charge in [0.15, 0.2) is 0 Å². The van der Waals surface area contributed by atoms with Gasteiger partial charge in [0, 0.05) is 9.37 Å². The van der Waals surface area contributed by atoms with Gasteiger partial charge in [-0.3, -0.25) is 0 Å². The van der Waals surface area contributed by atoms with Gasteiger partial charge in [0.2, 0.25) is 0 Å². The van der Waals surface area contributed by atoms with Gasteiger partial charge in [-0.05, 0) is 28.1 Å². The standard InChI is InChI=1S/C7H4BrF3S/c8-6-4(7(9,10)11)2-1-3-5(6)12/h1-3,12H. The predicted octanol–water partition coefficient (Wildman–Crippen LogP) is 3.76. The van der Waals surface area contributed by atoms with Crippen LogP contribution in [0.1, 0.15) is 5.56 Å². The number of rotatable bonds is 0. The molecule has 1 aromatic carbocycles. The Kier molecular flexibility index (Phi) is 2.73. The lowest BCUT2D eigenvalue weighted by Crippen LogP contribution is -2.05. The summed E-state index contributed by atoms with van der Waals surface area (Å²) in [5.74, 6) is 0. The summed E-state index contributed by atoms with van der Waals surface area (Å²) >= 11 is 6.67. The van der Waals surface area contributed by atoms with Gasteiger partial charge in [0.1, 0.15) is 0 Å². The van der Waals surface area contributed by atoms with Gasteiger partial charge in [-0.2, -0.15) is 13.2 Å². The van der Waals surface area contributed by atoms with E-state index in [1.54, 1.807) is 0 Å². The molecule has 0 heterocycles. The first-order valence-electron chi connectivity index (χ1n) is 2.97. The molecule has 0 saturated heterocycles. The van der Waals surface area contributed by atoms with Crippen LogP contribution in [0.15, 0.2) is 27.6 Å². The summed E-state index contributed by atoms with van der Waals surface area (Å²) in [6.07, 6.45) is -4.32. The van der Waals surface area contributed by atoms with E-state index in [0.717, 1.165) is 6.07 Å².